The van der Waals surface area contributed by atoms with Gasteiger partial charge in [0.05, 0.1) is 28.1 Å². The van der Waals surface area contributed by atoms with Crippen LogP contribution in [0.2, 0.25) is 0 Å². The minimum Gasteiger partial charge on any atom is -0.308 e. The maximum atomic E-state index is 5.33. The Morgan fingerprint density at radius 3 is 1.03 bits per heavy atom. The Hall–Kier alpha value is -10.1. The van der Waals surface area contributed by atoms with Crippen molar-refractivity contribution >= 4 is 21.8 Å². The highest BCUT2D eigenvalue weighted by molar-refractivity contribution is 6.10. The van der Waals surface area contributed by atoms with E-state index in [1.54, 1.807) is 0 Å². The van der Waals surface area contributed by atoms with E-state index in [1.165, 1.54) is 0 Å². The SMILES string of the molecule is c1ccc(-c2cc(-c3ccccc3)nc(-c3ccc(-n4c5ccccc5c5ccc(-c6nc(-c7ccccc7)nc(-c7ccccc7)n6)cc54)c(-c4nc(-c5ccccc5)nc(-c5ccccc5)n4)c3)n2)cc1. The lowest BCUT2D eigenvalue weighted by Crippen LogP contribution is -2.05. The number of nitrogens with zero attached hydrogens (tertiary/aromatic N) is 9. The second-order valence-electron chi connectivity index (χ2n) is 17.6. The molecule has 9 aromatic carbocycles. The highest BCUT2D eigenvalue weighted by Crippen LogP contribution is 2.40. The lowest BCUT2D eigenvalue weighted by atomic mass is 10.0. The highest BCUT2D eigenvalue weighted by atomic mass is 15.1. The molecule has 0 saturated heterocycles. The van der Waals surface area contributed by atoms with E-state index in [0.29, 0.717) is 40.8 Å². The van der Waals surface area contributed by atoms with Crippen molar-refractivity contribution in [3.05, 3.63) is 249 Å². The van der Waals surface area contributed by atoms with Crippen LogP contribution in [0.15, 0.2) is 249 Å². The Morgan fingerprint density at radius 1 is 0.219 bits per heavy atom. The first-order valence-corrected chi connectivity index (χ1v) is 24.1. The summed E-state index contributed by atoms with van der Waals surface area (Å²) >= 11 is 0. The molecule has 0 spiro atoms. The number of rotatable bonds is 10. The fourth-order valence-corrected chi connectivity index (χ4v) is 9.38. The fourth-order valence-electron chi connectivity index (χ4n) is 9.38. The number of hydrogen-bond acceptors (Lipinski definition) is 8. The van der Waals surface area contributed by atoms with E-state index in [4.69, 9.17) is 39.9 Å². The molecule has 73 heavy (non-hydrogen) atoms. The third-order valence-electron chi connectivity index (χ3n) is 12.9. The van der Waals surface area contributed by atoms with Gasteiger partial charge in [0.25, 0.3) is 0 Å². The van der Waals surface area contributed by atoms with Gasteiger partial charge in [0, 0.05) is 60.8 Å². The molecule has 0 bridgehead atoms. The minimum absolute atomic E-state index is 0.492. The van der Waals surface area contributed by atoms with E-state index in [-0.39, 0.29) is 0 Å². The molecular weight excluding hydrogens is 895 g/mol. The lowest BCUT2D eigenvalue weighted by Gasteiger charge is -2.17. The van der Waals surface area contributed by atoms with Crippen molar-refractivity contribution < 1.29 is 0 Å². The number of para-hydroxylation sites is 1. The van der Waals surface area contributed by atoms with Gasteiger partial charge in [0.2, 0.25) is 0 Å². The molecular formula is C64H41N9. The van der Waals surface area contributed by atoms with Crippen LogP contribution in [-0.4, -0.2) is 44.4 Å². The van der Waals surface area contributed by atoms with Crippen molar-refractivity contribution in [3.63, 3.8) is 0 Å². The topological polar surface area (TPSA) is 108 Å². The molecule has 0 aliphatic heterocycles. The van der Waals surface area contributed by atoms with Gasteiger partial charge in [0.15, 0.2) is 40.8 Å². The molecule has 4 aromatic heterocycles. The van der Waals surface area contributed by atoms with Crippen molar-refractivity contribution in [2.75, 3.05) is 0 Å². The summed E-state index contributed by atoms with van der Waals surface area (Å²) < 4.78 is 2.30. The van der Waals surface area contributed by atoms with Gasteiger partial charge in [-0.25, -0.2) is 39.9 Å². The predicted octanol–water partition coefficient (Wildman–Crippen LogP) is 14.9. The van der Waals surface area contributed by atoms with Crippen LogP contribution in [0, 0.1) is 0 Å². The van der Waals surface area contributed by atoms with E-state index >= 15 is 0 Å². The average molecular weight is 936 g/mol. The van der Waals surface area contributed by atoms with Crippen molar-refractivity contribution in [1.29, 1.82) is 0 Å². The molecule has 0 aliphatic carbocycles. The third kappa shape index (κ3) is 8.36. The predicted molar refractivity (Wildman–Crippen MR) is 292 cm³/mol. The molecule has 13 aromatic rings. The van der Waals surface area contributed by atoms with E-state index in [2.05, 4.69) is 95.6 Å². The molecule has 4 heterocycles. The van der Waals surface area contributed by atoms with Crippen molar-refractivity contribution in [2.45, 2.75) is 0 Å². The number of hydrogen-bond donors (Lipinski definition) is 0. The molecule has 0 amide bonds. The second kappa shape index (κ2) is 18.7. The van der Waals surface area contributed by atoms with Gasteiger partial charge in [0.1, 0.15) is 0 Å². The average Bonchev–Trinajstić information content (AvgIpc) is 3.81. The maximum Gasteiger partial charge on any atom is 0.166 e. The van der Waals surface area contributed by atoms with Crippen molar-refractivity contribution in [2.24, 2.45) is 0 Å². The van der Waals surface area contributed by atoms with Gasteiger partial charge in [-0.15, -0.1) is 0 Å². The summed E-state index contributed by atoms with van der Waals surface area (Å²) in [5.74, 6) is 3.91. The molecule has 9 nitrogen and oxygen atoms in total. The van der Waals surface area contributed by atoms with Crippen LogP contribution in [0.3, 0.4) is 0 Å². The summed E-state index contributed by atoms with van der Waals surface area (Å²) in [5.41, 5.74) is 12.3. The molecule has 0 fully saturated rings. The Labute approximate surface area is 421 Å². The molecule has 0 atom stereocenters. The summed E-state index contributed by atoms with van der Waals surface area (Å²) in [6.45, 7) is 0. The maximum absolute atomic E-state index is 5.33. The molecule has 0 N–H and O–H groups in total. The molecule has 0 radical (unpaired) electrons. The quantitative estimate of drug-likeness (QED) is 0.133. The zero-order valence-corrected chi connectivity index (χ0v) is 39.2. The molecule has 9 heteroatoms. The van der Waals surface area contributed by atoms with Gasteiger partial charge in [-0.3, -0.25) is 0 Å². The Kier molecular flexibility index (Phi) is 11.0. The van der Waals surface area contributed by atoms with Crippen molar-refractivity contribution in [1.82, 2.24) is 44.4 Å². The van der Waals surface area contributed by atoms with E-state index in [9.17, 15) is 0 Å². The summed E-state index contributed by atoms with van der Waals surface area (Å²) in [6, 6.07) is 84.1. The second-order valence-corrected chi connectivity index (χ2v) is 17.6. The lowest BCUT2D eigenvalue weighted by molar-refractivity contribution is 1.06. The van der Waals surface area contributed by atoms with Crippen molar-refractivity contribution in [3.8, 4) is 108 Å². The van der Waals surface area contributed by atoms with Gasteiger partial charge < -0.3 is 4.57 Å². The first-order chi connectivity index (χ1) is 36.2. The van der Waals surface area contributed by atoms with E-state index in [1.807, 2.05) is 158 Å². The minimum atomic E-state index is 0.492. The monoisotopic (exact) mass is 935 g/mol. The van der Waals surface area contributed by atoms with Crippen LogP contribution < -0.4 is 0 Å². The number of benzene rings is 9. The van der Waals surface area contributed by atoms with E-state index < -0.39 is 0 Å². The zero-order valence-electron chi connectivity index (χ0n) is 39.2. The smallest absolute Gasteiger partial charge is 0.166 e. The normalized spacial score (nSPS) is 11.3. The van der Waals surface area contributed by atoms with Gasteiger partial charge in [-0.2, -0.15) is 0 Å². The Bertz CT molecular complexity index is 3940. The molecule has 0 saturated carbocycles. The summed E-state index contributed by atoms with van der Waals surface area (Å²) in [7, 11) is 0. The van der Waals surface area contributed by atoms with E-state index in [0.717, 1.165) is 89.0 Å². The fraction of sp³-hybridized carbons (Fsp3) is 0. The number of fused-ring (bicyclic) bond motifs is 3. The Balaban J connectivity index is 1.08. The van der Waals surface area contributed by atoms with Crippen LogP contribution >= 0.6 is 0 Å². The highest BCUT2D eigenvalue weighted by Gasteiger charge is 2.23. The largest absolute Gasteiger partial charge is 0.308 e. The zero-order chi connectivity index (χ0) is 48.5. The van der Waals surface area contributed by atoms with Gasteiger partial charge in [-0.05, 0) is 36.4 Å². The summed E-state index contributed by atoms with van der Waals surface area (Å²) in [5, 5.41) is 2.15. The third-order valence-corrected chi connectivity index (χ3v) is 12.9. The molecule has 0 aliphatic rings. The summed E-state index contributed by atoms with van der Waals surface area (Å²) in [4.78, 5) is 41.6. The molecule has 0 unspecified atom stereocenters. The first kappa shape index (κ1) is 42.9. The number of aromatic nitrogens is 9. The van der Waals surface area contributed by atoms with Gasteiger partial charge in [-0.1, -0.05) is 212 Å². The van der Waals surface area contributed by atoms with Crippen LogP contribution in [0.1, 0.15) is 0 Å². The van der Waals surface area contributed by atoms with Crippen LogP contribution in [0.4, 0.5) is 0 Å². The summed E-state index contributed by atoms with van der Waals surface area (Å²) in [6.07, 6.45) is 0. The molecule has 342 valence electrons. The first-order valence-electron chi connectivity index (χ1n) is 24.1. The molecule has 13 rings (SSSR count). The standard InChI is InChI=1S/C64H41N9/c1-7-21-42(22-8-1)53-41-54(43-23-9-2-10-24-43)66-62(65-53)48-36-38-56(52(39-48)64-71-60(46-29-15-5-16-30-46)68-61(72-64)47-31-17-6-18-32-47)73-55-34-20-19-33-50(55)51-37-35-49(40-57(51)73)63-69-58(44-25-11-3-12-26-44)67-59(70-63)45-27-13-4-14-28-45/h1-41H. The van der Waals surface area contributed by atoms with Crippen LogP contribution in [0.5, 0.6) is 0 Å². The van der Waals surface area contributed by atoms with Crippen LogP contribution in [-0.2, 0) is 0 Å². The Morgan fingerprint density at radius 2 is 0.562 bits per heavy atom. The van der Waals surface area contributed by atoms with Crippen LogP contribution in [0.25, 0.3) is 130 Å². The van der Waals surface area contributed by atoms with Gasteiger partial charge >= 0.3 is 0 Å².